The van der Waals surface area contributed by atoms with E-state index in [2.05, 4.69) is 10.0 Å². The molecule has 0 aliphatic heterocycles. The molecule has 1 aromatic rings. The number of sulfonamides is 1. The zero-order valence-electron chi connectivity index (χ0n) is 12.6. The largest absolute Gasteiger partial charge is 0.387 e. The van der Waals surface area contributed by atoms with E-state index in [1.165, 1.54) is 0 Å². The van der Waals surface area contributed by atoms with Gasteiger partial charge in [0, 0.05) is 27.3 Å². The van der Waals surface area contributed by atoms with Gasteiger partial charge in [0.05, 0.1) is 18.9 Å². The molecule has 0 radical (unpaired) electrons. The molecule has 0 heterocycles. The summed E-state index contributed by atoms with van der Waals surface area (Å²) >= 11 is 0. The van der Waals surface area contributed by atoms with Crippen LogP contribution in [0.3, 0.4) is 0 Å². The first kappa shape index (κ1) is 17.9. The van der Waals surface area contributed by atoms with Gasteiger partial charge < -0.3 is 14.8 Å². The summed E-state index contributed by atoms with van der Waals surface area (Å²) in [6, 6.07) is 6.82. The molecular weight excluding hydrogens is 292 g/mol. The number of benzene rings is 1. The van der Waals surface area contributed by atoms with Gasteiger partial charge in [0.2, 0.25) is 10.0 Å². The average molecular weight is 316 g/mol. The van der Waals surface area contributed by atoms with Crippen molar-refractivity contribution >= 4 is 15.7 Å². The topological polar surface area (TPSA) is 76.7 Å². The molecule has 0 bridgehead atoms. The number of ether oxygens (including phenoxy) is 2. The van der Waals surface area contributed by atoms with E-state index < -0.39 is 10.0 Å². The molecule has 0 atom stereocenters. The second kappa shape index (κ2) is 9.73. The number of para-hydroxylation sites is 1. The summed E-state index contributed by atoms with van der Waals surface area (Å²) in [6.07, 6.45) is 1.54. The summed E-state index contributed by atoms with van der Waals surface area (Å²) < 4.78 is 37.2. The van der Waals surface area contributed by atoms with Crippen LogP contribution in [0, 0.1) is 0 Å². The zero-order chi connectivity index (χ0) is 15.6. The molecule has 0 spiro atoms. The second-order valence-electron chi connectivity index (χ2n) is 4.46. The van der Waals surface area contributed by atoms with E-state index in [1.807, 2.05) is 0 Å². The molecule has 0 saturated heterocycles. The van der Waals surface area contributed by atoms with Crippen molar-refractivity contribution in [2.24, 2.45) is 0 Å². The highest BCUT2D eigenvalue weighted by Gasteiger charge is 2.16. The molecule has 0 amide bonds. The van der Waals surface area contributed by atoms with Gasteiger partial charge >= 0.3 is 0 Å². The second-order valence-corrected chi connectivity index (χ2v) is 6.19. The van der Waals surface area contributed by atoms with Gasteiger partial charge in [-0.05, 0) is 25.0 Å². The molecule has 21 heavy (non-hydrogen) atoms. The number of nitrogens with one attached hydrogen (secondary N) is 2. The van der Waals surface area contributed by atoms with Gasteiger partial charge in [-0.3, -0.25) is 0 Å². The van der Waals surface area contributed by atoms with Crippen LogP contribution in [0.25, 0.3) is 0 Å². The van der Waals surface area contributed by atoms with Crippen molar-refractivity contribution < 1.29 is 17.9 Å². The van der Waals surface area contributed by atoms with Crippen LogP contribution in [0.15, 0.2) is 29.2 Å². The van der Waals surface area contributed by atoms with Crippen LogP contribution >= 0.6 is 0 Å². The van der Waals surface area contributed by atoms with Crippen LogP contribution in [-0.2, 0) is 19.5 Å². The van der Waals surface area contributed by atoms with Crippen molar-refractivity contribution in [2.75, 3.05) is 45.8 Å². The third-order valence-electron chi connectivity index (χ3n) is 2.89. The lowest BCUT2D eigenvalue weighted by Gasteiger charge is -2.11. The Morgan fingerprint density at radius 1 is 1.10 bits per heavy atom. The predicted molar refractivity (Wildman–Crippen MR) is 83.1 cm³/mol. The molecule has 1 rings (SSSR count). The first-order chi connectivity index (χ1) is 10.1. The Kier molecular flexibility index (Phi) is 8.29. The van der Waals surface area contributed by atoms with Crippen molar-refractivity contribution in [3.8, 4) is 0 Å². The van der Waals surface area contributed by atoms with Crippen molar-refractivity contribution in [1.82, 2.24) is 4.72 Å². The summed E-state index contributed by atoms with van der Waals surface area (Å²) in [5.41, 5.74) is 0.591. The van der Waals surface area contributed by atoms with Crippen molar-refractivity contribution in [1.29, 1.82) is 0 Å². The minimum atomic E-state index is -3.48. The molecule has 2 N–H and O–H groups in total. The van der Waals surface area contributed by atoms with Gasteiger partial charge in [0.15, 0.2) is 0 Å². The Balaban J connectivity index is 2.33. The molecule has 0 saturated carbocycles. The molecule has 0 aromatic heterocycles. The van der Waals surface area contributed by atoms with Crippen molar-refractivity contribution in [3.05, 3.63) is 24.3 Å². The highest BCUT2D eigenvalue weighted by Crippen LogP contribution is 2.19. The van der Waals surface area contributed by atoms with Crippen molar-refractivity contribution in [3.63, 3.8) is 0 Å². The van der Waals surface area contributed by atoms with Crippen LogP contribution in [0.4, 0.5) is 5.69 Å². The average Bonchev–Trinajstić information content (AvgIpc) is 2.50. The molecule has 0 aliphatic carbocycles. The van der Waals surface area contributed by atoms with E-state index in [-0.39, 0.29) is 4.90 Å². The number of unbranched alkanes of at least 4 members (excludes halogenated alkanes) is 1. The number of hydrogen-bond donors (Lipinski definition) is 2. The monoisotopic (exact) mass is 316 g/mol. The first-order valence-electron chi connectivity index (χ1n) is 6.95. The SMILES string of the molecule is CNc1ccccc1S(=O)(=O)NCCCCOCCOC. The maximum absolute atomic E-state index is 12.2. The predicted octanol–water partition coefficient (Wildman–Crippen LogP) is 1.45. The Bertz CT molecular complexity index is 505. The van der Waals surface area contributed by atoms with E-state index in [9.17, 15) is 8.42 Å². The van der Waals surface area contributed by atoms with Crippen LogP contribution < -0.4 is 10.0 Å². The molecule has 120 valence electrons. The number of rotatable bonds is 11. The minimum Gasteiger partial charge on any atom is -0.387 e. The number of anilines is 1. The third-order valence-corrected chi connectivity index (χ3v) is 4.40. The number of hydrogen-bond acceptors (Lipinski definition) is 5. The fourth-order valence-electron chi connectivity index (χ4n) is 1.77. The van der Waals surface area contributed by atoms with Crippen LogP contribution in [0.1, 0.15) is 12.8 Å². The molecule has 0 unspecified atom stereocenters. The van der Waals surface area contributed by atoms with Gasteiger partial charge in [-0.15, -0.1) is 0 Å². The summed E-state index contributed by atoms with van der Waals surface area (Å²) in [4.78, 5) is 0.267. The highest BCUT2D eigenvalue weighted by atomic mass is 32.2. The Morgan fingerprint density at radius 2 is 1.86 bits per heavy atom. The van der Waals surface area contributed by atoms with Crippen LogP contribution in [0.5, 0.6) is 0 Å². The van der Waals surface area contributed by atoms with Gasteiger partial charge in [-0.25, -0.2) is 13.1 Å². The fraction of sp³-hybridized carbons (Fsp3) is 0.571. The standard InChI is InChI=1S/C14H24N2O4S/c1-15-13-7-3-4-8-14(13)21(17,18)16-9-5-6-10-20-12-11-19-2/h3-4,7-8,15-16H,5-6,9-12H2,1-2H3. The molecule has 7 heteroatoms. The molecule has 6 nitrogen and oxygen atoms in total. The maximum Gasteiger partial charge on any atom is 0.242 e. The summed E-state index contributed by atoms with van der Waals surface area (Å²) in [5.74, 6) is 0. The normalized spacial score (nSPS) is 11.5. The van der Waals surface area contributed by atoms with Gasteiger partial charge in [-0.2, -0.15) is 0 Å². The van der Waals surface area contributed by atoms with E-state index >= 15 is 0 Å². The molecule has 1 aromatic carbocycles. The highest BCUT2D eigenvalue weighted by molar-refractivity contribution is 7.89. The molecule has 0 fully saturated rings. The third kappa shape index (κ3) is 6.43. The lowest BCUT2D eigenvalue weighted by Crippen LogP contribution is -2.25. The Labute approximate surface area is 126 Å². The van der Waals surface area contributed by atoms with Gasteiger partial charge in [-0.1, -0.05) is 12.1 Å². The van der Waals surface area contributed by atoms with Crippen LogP contribution in [-0.4, -0.2) is 48.9 Å². The van der Waals surface area contributed by atoms with E-state index in [4.69, 9.17) is 9.47 Å². The summed E-state index contributed by atoms with van der Waals surface area (Å²) in [6.45, 7) is 2.15. The first-order valence-corrected chi connectivity index (χ1v) is 8.43. The Hall–Kier alpha value is -1.15. The molecule has 0 aliphatic rings. The lowest BCUT2D eigenvalue weighted by molar-refractivity contribution is 0.0689. The zero-order valence-corrected chi connectivity index (χ0v) is 13.4. The minimum absolute atomic E-state index is 0.267. The van der Waals surface area contributed by atoms with E-state index in [1.54, 1.807) is 38.4 Å². The fourth-order valence-corrected chi connectivity index (χ4v) is 3.05. The number of methoxy groups -OCH3 is 1. The summed E-state index contributed by atoms with van der Waals surface area (Å²) in [7, 11) is -0.151. The smallest absolute Gasteiger partial charge is 0.242 e. The summed E-state index contributed by atoms with van der Waals surface area (Å²) in [5, 5.41) is 2.88. The lowest BCUT2D eigenvalue weighted by atomic mass is 10.3. The Morgan fingerprint density at radius 3 is 2.57 bits per heavy atom. The molecular formula is C14H24N2O4S. The van der Waals surface area contributed by atoms with Gasteiger partial charge in [0.1, 0.15) is 4.90 Å². The van der Waals surface area contributed by atoms with E-state index in [0.717, 1.165) is 12.8 Å². The van der Waals surface area contributed by atoms with Crippen LogP contribution in [0.2, 0.25) is 0 Å². The maximum atomic E-state index is 12.2. The van der Waals surface area contributed by atoms with Crippen molar-refractivity contribution in [2.45, 2.75) is 17.7 Å². The van der Waals surface area contributed by atoms with Gasteiger partial charge in [0.25, 0.3) is 0 Å². The van der Waals surface area contributed by atoms with E-state index in [0.29, 0.717) is 32.1 Å². The quantitative estimate of drug-likeness (QED) is 0.604.